The SMILES string of the molecule is Cn1cc(CCOc2c(Br)cc(C=O)cc2Br)cn1. The molecule has 0 atom stereocenters. The summed E-state index contributed by atoms with van der Waals surface area (Å²) in [5, 5.41) is 4.10. The first kappa shape index (κ1) is 14.3. The van der Waals surface area contributed by atoms with Gasteiger partial charge < -0.3 is 4.74 Å². The van der Waals surface area contributed by atoms with E-state index >= 15 is 0 Å². The third-order valence-electron chi connectivity index (χ3n) is 2.55. The van der Waals surface area contributed by atoms with Gasteiger partial charge in [0, 0.05) is 25.2 Å². The highest BCUT2D eigenvalue weighted by molar-refractivity contribution is 9.11. The van der Waals surface area contributed by atoms with Crippen LogP contribution in [0.1, 0.15) is 15.9 Å². The van der Waals surface area contributed by atoms with Crippen molar-refractivity contribution in [1.82, 2.24) is 9.78 Å². The Labute approximate surface area is 128 Å². The van der Waals surface area contributed by atoms with Crippen LogP contribution in [0.2, 0.25) is 0 Å². The summed E-state index contributed by atoms with van der Waals surface area (Å²) in [7, 11) is 1.88. The first-order chi connectivity index (χ1) is 9.10. The summed E-state index contributed by atoms with van der Waals surface area (Å²) in [5.74, 6) is 0.703. The number of aryl methyl sites for hydroxylation is 1. The fraction of sp³-hybridized carbons (Fsp3) is 0.231. The summed E-state index contributed by atoms with van der Waals surface area (Å²) in [4.78, 5) is 10.7. The van der Waals surface area contributed by atoms with Gasteiger partial charge in [-0.2, -0.15) is 5.10 Å². The van der Waals surface area contributed by atoms with Crippen LogP contribution < -0.4 is 4.74 Å². The predicted molar refractivity (Wildman–Crippen MR) is 79.6 cm³/mol. The van der Waals surface area contributed by atoms with E-state index in [9.17, 15) is 4.79 Å². The minimum absolute atomic E-state index is 0.545. The summed E-state index contributed by atoms with van der Waals surface area (Å²) in [6.45, 7) is 0.545. The van der Waals surface area contributed by atoms with Gasteiger partial charge >= 0.3 is 0 Å². The largest absolute Gasteiger partial charge is 0.491 e. The number of carbonyl (C=O) groups is 1. The Balaban J connectivity index is 2.01. The van der Waals surface area contributed by atoms with E-state index in [2.05, 4.69) is 37.0 Å². The molecule has 4 nitrogen and oxygen atoms in total. The molecule has 0 radical (unpaired) electrons. The van der Waals surface area contributed by atoms with Gasteiger partial charge in [0.25, 0.3) is 0 Å². The highest BCUT2D eigenvalue weighted by atomic mass is 79.9. The van der Waals surface area contributed by atoms with Crippen LogP contribution in [0.25, 0.3) is 0 Å². The number of nitrogens with zero attached hydrogens (tertiary/aromatic N) is 2. The van der Waals surface area contributed by atoms with Gasteiger partial charge in [-0.25, -0.2) is 0 Å². The molecule has 0 fully saturated rings. The second-order valence-corrected chi connectivity index (χ2v) is 5.76. The van der Waals surface area contributed by atoms with Gasteiger partial charge in [-0.3, -0.25) is 9.48 Å². The Morgan fingerprint density at radius 2 is 2.05 bits per heavy atom. The molecule has 0 saturated heterocycles. The van der Waals surface area contributed by atoms with Crippen molar-refractivity contribution in [2.75, 3.05) is 6.61 Å². The molecule has 2 aromatic rings. The monoisotopic (exact) mass is 386 g/mol. The summed E-state index contributed by atoms with van der Waals surface area (Å²) < 4.78 is 9.02. The van der Waals surface area contributed by atoms with Crippen molar-refractivity contribution in [3.05, 3.63) is 44.6 Å². The van der Waals surface area contributed by atoms with E-state index in [0.717, 1.165) is 27.2 Å². The number of ether oxygens (including phenoxy) is 1. The van der Waals surface area contributed by atoms with Crippen molar-refractivity contribution in [3.8, 4) is 5.75 Å². The molecule has 0 bridgehead atoms. The molecule has 0 N–H and O–H groups in total. The first-order valence-electron chi connectivity index (χ1n) is 5.64. The van der Waals surface area contributed by atoms with E-state index in [4.69, 9.17) is 4.74 Å². The maximum atomic E-state index is 10.7. The lowest BCUT2D eigenvalue weighted by Crippen LogP contribution is -2.02. The zero-order valence-electron chi connectivity index (χ0n) is 10.3. The average molecular weight is 388 g/mol. The highest BCUT2D eigenvalue weighted by Gasteiger charge is 2.09. The topological polar surface area (TPSA) is 44.1 Å². The summed E-state index contributed by atoms with van der Waals surface area (Å²) in [6.07, 6.45) is 5.36. The van der Waals surface area contributed by atoms with E-state index in [-0.39, 0.29) is 0 Å². The molecule has 0 aliphatic rings. The molecule has 0 aliphatic carbocycles. The third-order valence-corrected chi connectivity index (χ3v) is 3.73. The minimum atomic E-state index is 0.545. The van der Waals surface area contributed by atoms with Gasteiger partial charge in [0.1, 0.15) is 12.0 Å². The van der Waals surface area contributed by atoms with Crippen LogP contribution >= 0.6 is 31.9 Å². The van der Waals surface area contributed by atoms with Crippen LogP contribution in [0.3, 0.4) is 0 Å². The van der Waals surface area contributed by atoms with Gasteiger partial charge in [-0.05, 0) is 49.6 Å². The fourth-order valence-electron chi connectivity index (χ4n) is 1.66. The lowest BCUT2D eigenvalue weighted by Gasteiger charge is -2.10. The number of rotatable bonds is 5. The Morgan fingerprint density at radius 1 is 1.37 bits per heavy atom. The molecule has 2 rings (SSSR count). The molecule has 19 heavy (non-hydrogen) atoms. The van der Waals surface area contributed by atoms with Crippen molar-refractivity contribution < 1.29 is 9.53 Å². The maximum absolute atomic E-state index is 10.7. The number of hydrogen-bond acceptors (Lipinski definition) is 3. The van der Waals surface area contributed by atoms with E-state index in [0.29, 0.717) is 17.9 Å². The second-order valence-electron chi connectivity index (χ2n) is 4.05. The molecule has 100 valence electrons. The number of aldehydes is 1. The van der Waals surface area contributed by atoms with Gasteiger partial charge in [0.05, 0.1) is 21.7 Å². The van der Waals surface area contributed by atoms with Crippen molar-refractivity contribution in [3.63, 3.8) is 0 Å². The molecule has 1 aromatic carbocycles. The summed E-state index contributed by atoms with van der Waals surface area (Å²) in [6, 6.07) is 3.47. The summed E-state index contributed by atoms with van der Waals surface area (Å²) in [5.41, 5.74) is 1.72. The first-order valence-corrected chi connectivity index (χ1v) is 7.23. The molecule has 0 amide bonds. The lowest BCUT2D eigenvalue weighted by molar-refractivity contribution is 0.112. The van der Waals surface area contributed by atoms with Crippen molar-refractivity contribution in [2.24, 2.45) is 7.05 Å². The molecule has 1 heterocycles. The van der Waals surface area contributed by atoms with Crippen LogP contribution in [-0.2, 0) is 13.5 Å². The molecule has 0 unspecified atom stereocenters. The maximum Gasteiger partial charge on any atom is 0.150 e. The van der Waals surface area contributed by atoms with E-state index in [1.807, 2.05) is 19.4 Å². The Morgan fingerprint density at radius 3 is 2.58 bits per heavy atom. The van der Waals surface area contributed by atoms with E-state index in [1.54, 1.807) is 16.8 Å². The van der Waals surface area contributed by atoms with E-state index < -0.39 is 0 Å². The molecule has 0 spiro atoms. The van der Waals surface area contributed by atoms with Crippen LogP contribution in [0.4, 0.5) is 0 Å². The lowest BCUT2D eigenvalue weighted by atomic mass is 10.2. The Hall–Kier alpha value is -1.14. The normalized spacial score (nSPS) is 10.5. The standard InChI is InChI=1S/C13H12Br2N2O2/c1-17-7-9(6-16-17)2-3-19-13-11(14)4-10(8-18)5-12(13)15/h4-8H,2-3H2,1H3. The molecular weight excluding hydrogens is 376 g/mol. The van der Waals surface area contributed by atoms with Gasteiger partial charge in [0.2, 0.25) is 0 Å². The predicted octanol–water partition coefficient (Wildman–Crippen LogP) is 3.38. The van der Waals surface area contributed by atoms with Crippen LogP contribution in [0.5, 0.6) is 5.75 Å². The fourth-order valence-corrected chi connectivity index (χ4v) is 3.11. The summed E-state index contributed by atoms with van der Waals surface area (Å²) >= 11 is 6.80. The third kappa shape index (κ3) is 3.67. The number of aromatic nitrogens is 2. The number of hydrogen-bond donors (Lipinski definition) is 0. The van der Waals surface area contributed by atoms with Crippen molar-refractivity contribution in [2.45, 2.75) is 6.42 Å². The average Bonchev–Trinajstić information content (AvgIpc) is 2.78. The van der Waals surface area contributed by atoms with Gasteiger partial charge in [0.15, 0.2) is 0 Å². The van der Waals surface area contributed by atoms with Gasteiger partial charge in [-0.15, -0.1) is 0 Å². The Kier molecular flexibility index (Phi) is 4.76. The van der Waals surface area contributed by atoms with Crippen LogP contribution in [0.15, 0.2) is 33.5 Å². The van der Waals surface area contributed by atoms with Crippen LogP contribution in [0, 0.1) is 0 Å². The zero-order chi connectivity index (χ0) is 13.8. The Bertz CT molecular complexity index is 573. The minimum Gasteiger partial charge on any atom is -0.491 e. The number of halogens is 2. The quantitative estimate of drug-likeness (QED) is 0.738. The smallest absolute Gasteiger partial charge is 0.150 e. The molecule has 0 saturated carbocycles. The molecule has 6 heteroatoms. The van der Waals surface area contributed by atoms with E-state index in [1.165, 1.54) is 0 Å². The second kappa shape index (κ2) is 6.34. The molecule has 0 aliphatic heterocycles. The number of carbonyl (C=O) groups excluding carboxylic acids is 1. The van der Waals surface area contributed by atoms with Gasteiger partial charge in [-0.1, -0.05) is 0 Å². The molecule has 1 aromatic heterocycles. The van der Waals surface area contributed by atoms with Crippen LogP contribution in [-0.4, -0.2) is 22.7 Å². The van der Waals surface area contributed by atoms with Crippen molar-refractivity contribution in [1.29, 1.82) is 0 Å². The molecular formula is C13H12Br2N2O2. The zero-order valence-corrected chi connectivity index (χ0v) is 13.4. The number of benzene rings is 1. The highest BCUT2D eigenvalue weighted by Crippen LogP contribution is 2.34. The van der Waals surface area contributed by atoms with Crippen molar-refractivity contribution >= 4 is 38.1 Å².